The highest BCUT2D eigenvalue weighted by molar-refractivity contribution is 7.92. The van der Waals surface area contributed by atoms with E-state index >= 15 is 0 Å². The molecule has 0 bridgehead atoms. The third-order valence-corrected chi connectivity index (χ3v) is 5.37. The fraction of sp³-hybridized carbons (Fsp3) is 0. The van der Waals surface area contributed by atoms with Gasteiger partial charge in [0.25, 0.3) is 15.9 Å². The molecule has 0 amide bonds. The summed E-state index contributed by atoms with van der Waals surface area (Å²) in [7, 11) is -3.77. The molecule has 9 nitrogen and oxygen atoms in total. The van der Waals surface area contributed by atoms with E-state index in [2.05, 4.69) is 19.8 Å². The highest BCUT2D eigenvalue weighted by Crippen LogP contribution is 2.24. The number of hydrogen-bond donors (Lipinski definition) is 3. The lowest BCUT2D eigenvalue weighted by molar-refractivity contribution is 0.431. The minimum atomic E-state index is -3.77. The Balaban J connectivity index is 1.56. The van der Waals surface area contributed by atoms with Crippen molar-refractivity contribution in [2.24, 2.45) is 0 Å². The maximum atomic E-state index is 12.6. The summed E-state index contributed by atoms with van der Waals surface area (Å²) in [6.07, 6.45) is 0. The van der Waals surface area contributed by atoms with E-state index in [0.29, 0.717) is 34.3 Å². The van der Waals surface area contributed by atoms with Gasteiger partial charge in [0.1, 0.15) is 11.5 Å². The molecule has 0 spiro atoms. The molecule has 0 radical (unpaired) electrons. The topological polar surface area (TPSA) is 150 Å². The number of pyridine rings is 1. The molecule has 0 saturated carbocycles. The number of aromatic nitrogens is 3. The van der Waals surface area contributed by atoms with Crippen molar-refractivity contribution >= 4 is 27.2 Å². The van der Waals surface area contributed by atoms with Crippen LogP contribution in [0.2, 0.25) is 0 Å². The molecule has 4 rings (SSSR count). The van der Waals surface area contributed by atoms with Gasteiger partial charge >= 0.3 is 0 Å². The van der Waals surface area contributed by atoms with Gasteiger partial charge in [-0.3, -0.25) is 4.72 Å². The Hall–Kier alpha value is -3.92. The molecule has 10 heteroatoms. The van der Waals surface area contributed by atoms with Crippen LogP contribution in [0.1, 0.15) is 0 Å². The van der Waals surface area contributed by atoms with Crippen LogP contribution in [0, 0.1) is 0 Å². The van der Waals surface area contributed by atoms with E-state index in [1.807, 2.05) is 0 Å². The third-order valence-electron chi connectivity index (χ3n) is 3.98. The third kappa shape index (κ3) is 4.01. The van der Waals surface area contributed by atoms with Crippen LogP contribution in [0.3, 0.4) is 0 Å². The molecule has 0 aliphatic carbocycles. The zero-order valence-corrected chi connectivity index (χ0v) is 15.8. The Morgan fingerprint density at radius 2 is 1.66 bits per heavy atom. The molecule has 2 heterocycles. The average molecular weight is 408 g/mol. The predicted molar refractivity (Wildman–Crippen MR) is 109 cm³/mol. The first-order valence-corrected chi connectivity index (χ1v) is 9.94. The first-order valence-electron chi connectivity index (χ1n) is 8.46. The van der Waals surface area contributed by atoms with Crippen molar-refractivity contribution in [1.29, 1.82) is 0 Å². The Morgan fingerprint density at radius 1 is 0.897 bits per heavy atom. The molecule has 0 unspecified atom stereocenters. The SMILES string of the molecule is Nc1cccc(NS(=O)(=O)c2ccc(-c3noc(-c4cccc(N)n4)n3)cc2)c1. The summed E-state index contributed by atoms with van der Waals surface area (Å²) in [5.74, 6) is 0.855. The number of anilines is 3. The number of hydrogen-bond acceptors (Lipinski definition) is 8. The molecular weight excluding hydrogens is 392 g/mol. The van der Waals surface area contributed by atoms with Crippen molar-refractivity contribution in [3.8, 4) is 23.0 Å². The van der Waals surface area contributed by atoms with E-state index in [9.17, 15) is 8.42 Å². The Morgan fingerprint density at radius 3 is 2.38 bits per heavy atom. The van der Waals surface area contributed by atoms with Gasteiger partial charge in [0.2, 0.25) is 5.82 Å². The maximum absolute atomic E-state index is 12.6. The first kappa shape index (κ1) is 18.4. The lowest BCUT2D eigenvalue weighted by Crippen LogP contribution is -2.13. The summed E-state index contributed by atoms with van der Waals surface area (Å²) in [5, 5.41) is 3.92. The largest absolute Gasteiger partial charge is 0.399 e. The number of nitrogen functional groups attached to an aromatic ring is 2. The number of nitrogens with one attached hydrogen (secondary N) is 1. The fourth-order valence-corrected chi connectivity index (χ4v) is 3.66. The molecule has 0 atom stereocenters. The Labute approximate surface area is 166 Å². The van der Waals surface area contributed by atoms with Crippen molar-refractivity contribution in [3.63, 3.8) is 0 Å². The van der Waals surface area contributed by atoms with E-state index in [-0.39, 0.29) is 10.8 Å². The average Bonchev–Trinajstić information content (AvgIpc) is 3.18. The van der Waals surface area contributed by atoms with Gasteiger partial charge in [0.05, 0.1) is 10.6 Å². The monoisotopic (exact) mass is 408 g/mol. The highest BCUT2D eigenvalue weighted by atomic mass is 32.2. The van der Waals surface area contributed by atoms with Crippen molar-refractivity contribution in [3.05, 3.63) is 66.7 Å². The van der Waals surface area contributed by atoms with Gasteiger partial charge in [-0.2, -0.15) is 4.98 Å². The molecule has 0 saturated heterocycles. The van der Waals surface area contributed by atoms with E-state index < -0.39 is 10.0 Å². The Kier molecular flexibility index (Phi) is 4.61. The summed E-state index contributed by atoms with van der Waals surface area (Å²) in [5.41, 5.74) is 13.2. The lowest BCUT2D eigenvalue weighted by Gasteiger charge is -2.08. The molecule has 4 aromatic rings. The smallest absolute Gasteiger partial charge is 0.276 e. The summed E-state index contributed by atoms with van der Waals surface area (Å²) < 4.78 is 32.8. The predicted octanol–water partition coefficient (Wildman–Crippen LogP) is 2.76. The van der Waals surface area contributed by atoms with Crippen molar-refractivity contribution in [2.45, 2.75) is 4.90 Å². The molecule has 2 aromatic heterocycles. The molecule has 5 N–H and O–H groups in total. The van der Waals surface area contributed by atoms with Gasteiger partial charge < -0.3 is 16.0 Å². The van der Waals surface area contributed by atoms with Crippen molar-refractivity contribution in [1.82, 2.24) is 15.1 Å². The van der Waals surface area contributed by atoms with Crippen LogP contribution in [-0.4, -0.2) is 23.5 Å². The molecule has 29 heavy (non-hydrogen) atoms. The van der Waals surface area contributed by atoms with E-state index in [0.717, 1.165) is 0 Å². The number of nitrogens with zero attached hydrogens (tertiary/aromatic N) is 3. The molecule has 0 aliphatic heterocycles. The van der Waals surface area contributed by atoms with Crippen LogP contribution in [0.5, 0.6) is 0 Å². The van der Waals surface area contributed by atoms with E-state index in [1.54, 1.807) is 48.5 Å². The summed E-state index contributed by atoms with van der Waals surface area (Å²) in [6, 6.07) is 17.7. The quantitative estimate of drug-likeness (QED) is 0.427. The molecule has 0 aliphatic rings. The van der Waals surface area contributed by atoms with E-state index in [1.165, 1.54) is 18.2 Å². The van der Waals surface area contributed by atoms with Crippen LogP contribution in [0.15, 0.2) is 76.1 Å². The standard InChI is InChI=1S/C19H16N6O3S/c20-13-3-1-4-14(11-13)25-29(26,27)15-9-7-12(8-10-15)18-23-19(28-24-18)16-5-2-6-17(21)22-16/h1-11,25H,20H2,(H2,21,22). The molecule has 146 valence electrons. The minimum Gasteiger partial charge on any atom is -0.399 e. The van der Waals surface area contributed by atoms with Crippen molar-refractivity contribution in [2.75, 3.05) is 16.2 Å². The zero-order chi connectivity index (χ0) is 20.4. The van der Waals surface area contributed by atoms with Gasteiger partial charge in [-0.1, -0.05) is 17.3 Å². The maximum Gasteiger partial charge on any atom is 0.276 e. The van der Waals surface area contributed by atoms with Gasteiger partial charge in [-0.25, -0.2) is 13.4 Å². The number of nitrogens with two attached hydrogens (primary N) is 2. The van der Waals surface area contributed by atoms with Crippen molar-refractivity contribution < 1.29 is 12.9 Å². The molecule has 0 fully saturated rings. The minimum absolute atomic E-state index is 0.0879. The van der Waals surface area contributed by atoms with Gasteiger partial charge in [0.15, 0.2) is 0 Å². The van der Waals surface area contributed by atoms with Crippen LogP contribution in [0.25, 0.3) is 23.0 Å². The molecular formula is C19H16N6O3S. The second kappa shape index (κ2) is 7.24. The normalized spacial score (nSPS) is 11.3. The van der Waals surface area contributed by atoms with Gasteiger partial charge in [-0.05, 0) is 54.6 Å². The number of sulfonamides is 1. The zero-order valence-electron chi connectivity index (χ0n) is 15.0. The first-order chi connectivity index (χ1) is 13.9. The lowest BCUT2D eigenvalue weighted by atomic mass is 10.2. The molecule has 2 aromatic carbocycles. The van der Waals surface area contributed by atoms with E-state index in [4.69, 9.17) is 16.0 Å². The number of benzene rings is 2. The van der Waals surface area contributed by atoms with Gasteiger partial charge in [0, 0.05) is 11.3 Å². The second-order valence-corrected chi connectivity index (χ2v) is 7.81. The van der Waals surface area contributed by atoms with Crippen LogP contribution >= 0.6 is 0 Å². The van der Waals surface area contributed by atoms with Gasteiger partial charge in [-0.15, -0.1) is 0 Å². The summed E-state index contributed by atoms with van der Waals surface area (Å²) in [6.45, 7) is 0. The highest BCUT2D eigenvalue weighted by Gasteiger charge is 2.16. The van der Waals surface area contributed by atoms with Crippen LogP contribution in [-0.2, 0) is 10.0 Å². The van der Waals surface area contributed by atoms with Crippen LogP contribution < -0.4 is 16.2 Å². The Bertz CT molecular complexity index is 1270. The fourth-order valence-electron chi connectivity index (χ4n) is 2.61. The second-order valence-electron chi connectivity index (χ2n) is 6.13. The number of rotatable bonds is 5. The summed E-state index contributed by atoms with van der Waals surface area (Å²) in [4.78, 5) is 8.50. The summed E-state index contributed by atoms with van der Waals surface area (Å²) >= 11 is 0. The van der Waals surface area contributed by atoms with Crippen LogP contribution in [0.4, 0.5) is 17.2 Å².